The van der Waals surface area contributed by atoms with Crippen molar-refractivity contribution in [3.63, 3.8) is 0 Å². The van der Waals surface area contributed by atoms with Crippen molar-refractivity contribution in [1.29, 1.82) is 0 Å². The molecule has 34 heavy (non-hydrogen) atoms. The third-order valence-electron chi connectivity index (χ3n) is 7.06. The summed E-state index contributed by atoms with van der Waals surface area (Å²) in [6, 6.07) is 2.34. The van der Waals surface area contributed by atoms with Crippen molar-refractivity contribution < 1.29 is 22.7 Å². The van der Waals surface area contributed by atoms with Crippen LogP contribution in [0.5, 0.6) is 5.88 Å². The van der Waals surface area contributed by atoms with E-state index in [4.69, 9.17) is 16.3 Å². The molecule has 176 valence electrons. The second-order valence-electron chi connectivity index (χ2n) is 9.11. The second kappa shape index (κ2) is 7.14. The molecule has 3 fully saturated rings. The Kier molecular flexibility index (Phi) is 4.48. The number of carbonyl (C=O) groups excluding carboxylic acids is 1. The van der Waals surface area contributed by atoms with Gasteiger partial charge in [-0.3, -0.25) is 4.79 Å². The van der Waals surface area contributed by atoms with Gasteiger partial charge in [-0.15, -0.1) is 4.80 Å². The van der Waals surface area contributed by atoms with Crippen LogP contribution in [0.15, 0.2) is 36.9 Å². The summed E-state index contributed by atoms with van der Waals surface area (Å²) in [6.07, 6.45) is 2.09. The zero-order valence-corrected chi connectivity index (χ0v) is 18.6. The van der Waals surface area contributed by atoms with Crippen LogP contribution in [-0.4, -0.2) is 54.5 Å². The number of halogens is 4. The summed E-state index contributed by atoms with van der Waals surface area (Å²) in [4.78, 5) is 24.9. The number of nitrogens with zero attached hydrogens (tertiary/aromatic N) is 6. The molecule has 3 aromatic heterocycles. The predicted molar refractivity (Wildman–Crippen MR) is 113 cm³/mol. The highest BCUT2D eigenvalue weighted by Gasteiger charge is 2.76. The maximum Gasteiger partial charge on any atom is 0.417 e. The fraction of sp³-hybridized carbons (Fsp3) is 0.409. The van der Waals surface area contributed by atoms with E-state index >= 15 is 0 Å². The van der Waals surface area contributed by atoms with E-state index in [1.165, 1.54) is 17.2 Å². The van der Waals surface area contributed by atoms with Crippen LogP contribution >= 0.6 is 11.6 Å². The SMILES string of the molecule is Cc1cnc(-n2nccn2)c(C(=O)N2CC3CC34CC(Oc3ncc(C(F)(F)F)cc3Cl)C24)c1. The van der Waals surface area contributed by atoms with Gasteiger partial charge in [0.25, 0.3) is 5.91 Å². The number of hydrogen-bond acceptors (Lipinski definition) is 6. The number of piperidine rings is 1. The summed E-state index contributed by atoms with van der Waals surface area (Å²) >= 11 is 6.05. The average molecular weight is 491 g/mol. The third kappa shape index (κ3) is 3.17. The average Bonchev–Trinajstić information content (AvgIpc) is 3.14. The van der Waals surface area contributed by atoms with Crippen LogP contribution in [0.25, 0.3) is 5.82 Å². The lowest BCUT2D eigenvalue weighted by Gasteiger charge is -2.47. The minimum atomic E-state index is -4.55. The van der Waals surface area contributed by atoms with Crippen molar-refractivity contribution >= 4 is 17.5 Å². The first kappa shape index (κ1) is 21.3. The molecular formula is C22H18ClF3N6O2. The first-order valence-corrected chi connectivity index (χ1v) is 11.1. The summed E-state index contributed by atoms with van der Waals surface area (Å²) in [6.45, 7) is 2.43. The minimum Gasteiger partial charge on any atom is -0.471 e. The monoisotopic (exact) mass is 490 g/mol. The maximum atomic E-state index is 13.7. The van der Waals surface area contributed by atoms with Crippen molar-refractivity contribution in [3.8, 4) is 11.7 Å². The molecule has 0 N–H and O–H groups in total. The number of aromatic nitrogens is 5. The van der Waals surface area contributed by atoms with E-state index in [9.17, 15) is 18.0 Å². The first-order valence-electron chi connectivity index (χ1n) is 10.7. The van der Waals surface area contributed by atoms with E-state index in [0.29, 0.717) is 36.5 Å². The van der Waals surface area contributed by atoms with Crippen LogP contribution in [0.1, 0.15) is 34.3 Å². The molecule has 3 aromatic rings. The number of carbonyl (C=O) groups is 1. The lowest BCUT2D eigenvalue weighted by molar-refractivity contribution is -0.137. The highest BCUT2D eigenvalue weighted by molar-refractivity contribution is 6.31. The molecular weight excluding hydrogens is 473 g/mol. The smallest absolute Gasteiger partial charge is 0.417 e. The lowest BCUT2D eigenvalue weighted by Crippen LogP contribution is -2.59. The van der Waals surface area contributed by atoms with Crippen LogP contribution in [0, 0.1) is 18.3 Å². The fourth-order valence-electron chi connectivity index (χ4n) is 5.42. The topological polar surface area (TPSA) is 86.0 Å². The zero-order valence-electron chi connectivity index (χ0n) is 17.8. The minimum absolute atomic E-state index is 0.0138. The highest BCUT2D eigenvalue weighted by Crippen LogP contribution is 2.71. The Balaban J connectivity index is 1.28. The molecule has 8 nitrogen and oxygen atoms in total. The van der Waals surface area contributed by atoms with Crippen molar-refractivity contribution in [2.24, 2.45) is 11.3 Å². The first-order chi connectivity index (χ1) is 16.2. The van der Waals surface area contributed by atoms with Gasteiger partial charge >= 0.3 is 6.18 Å². The van der Waals surface area contributed by atoms with Gasteiger partial charge in [0.2, 0.25) is 5.88 Å². The van der Waals surface area contributed by atoms with E-state index in [1.807, 2.05) is 6.92 Å². The largest absolute Gasteiger partial charge is 0.471 e. The van der Waals surface area contributed by atoms with E-state index in [0.717, 1.165) is 18.1 Å². The molecule has 1 aliphatic heterocycles. The van der Waals surface area contributed by atoms with Gasteiger partial charge < -0.3 is 9.64 Å². The molecule has 2 saturated carbocycles. The van der Waals surface area contributed by atoms with E-state index in [2.05, 4.69) is 20.2 Å². The van der Waals surface area contributed by atoms with Crippen LogP contribution in [-0.2, 0) is 6.18 Å². The lowest BCUT2D eigenvalue weighted by atomic mass is 9.73. The van der Waals surface area contributed by atoms with Gasteiger partial charge in [0, 0.05) is 24.4 Å². The Hall–Kier alpha value is -3.21. The number of pyridine rings is 2. The van der Waals surface area contributed by atoms with E-state index in [-0.39, 0.29) is 28.3 Å². The Morgan fingerprint density at radius 3 is 2.65 bits per heavy atom. The van der Waals surface area contributed by atoms with Crippen molar-refractivity contribution in [2.45, 2.75) is 38.1 Å². The molecule has 1 amide bonds. The molecule has 12 heteroatoms. The van der Waals surface area contributed by atoms with Crippen LogP contribution in [0.4, 0.5) is 13.2 Å². The summed E-state index contributed by atoms with van der Waals surface area (Å²) in [5, 5.41) is 8.00. The fourth-order valence-corrected chi connectivity index (χ4v) is 5.63. The molecule has 0 aromatic carbocycles. The molecule has 4 unspecified atom stereocenters. The van der Waals surface area contributed by atoms with Gasteiger partial charge in [-0.05, 0) is 43.4 Å². The molecule has 0 bridgehead atoms. The summed E-state index contributed by atoms with van der Waals surface area (Å²) in [5.41, 5.74) is 0.242. The van der Waals surface area contributed by atoms with Gasteiger partial charge in [0.05, 0.1) is 29.6 Å². The molecule has 4 heterocycles. The Bertz CT molecular complexity index is 1300. The van der Waals surface area contributed by atoms with Crippen molar-refractivity contribution in [3.05, 3.63) is 58.6 Å². The second-order valence-corrected chi connectivity index (χ2v) is 9.52. The number of hydrogen-bond donors (Lipinski definition) is 0. The Labute approximate surface area is 196 Å². The number of alkyl halides is 3. The number of aryl methyl sites for hydroxylation is 1. The third-order valence-corrected chi connectivity index (χ3v) is 7.33. The van der Waals surface area contributed by atoms with Crippen LogP contribution in [0.2, 0.25) is 5.02 Å². The molecule has 2 aliphatic carbocycles. The number of likely N-dealkylation sites (tertiary alicyclic amines) is 1. The summed E-state index contributed by atoms with van der Waals surface area (Å²) < 4.78 is 44.8. The molecule has 3 aliphatic rings. The molecule has 4 atom stereocenters. The van der Waals surface area contributed by atoms with Gasteiger partial charge in [0.1, 0.15) is 11.1 Å². The Morgan fingerprint density at radius 1 is 1.18 bits per heavy atom. The van der Waals surface area contributed by atoms with Crippen LogP contribution in [0.3, 0.4) is 0 Å². The molecule has 1 saturated heterocycles. The van der Waals surface area contributed by atoms with Gasteiger partial charge in [-0.2, -0.15) is 23.4 Å². The van der Waals surface area contributed by atoms with Crippen LogP contribution < -0.4 is 4.74 Å². The standard InChI is InChI=1S/C22H18ClF3N6O2/c1-11-4-14(18(27-8-11)32-29-2-3-30-32)20(33)31-10-13-6-21(13)7-16(17(21)31)34-19-15(23)5-12(9-28-19)22(24,25)26/h2-5,8-9,13,16-17H,6-7,10H2,1H3. The zero-order chi connectivity index (χ0) is 23.8. The predicted octanol–water partition coefficient (Wildman–Crippen LogP) is 3.72. The van der Waals surface area contributed by atoms with Gasteiger partial charge in [0.15, 0.2) is 5.82 Å². The van der Waals surface area contributed by atoms with Gasteiger partial charge in [-0.1, -0.05) is 11.6 Å². The Morgan fingerprint density at radius 2 is 1.94 bits per heavy atom. The highest BCUT2D eigenvalue weighted by atomic mass is 35.5. The normalized spacial score (nSPS) is 27.1. The molecule has 1 spiro atoms. The summed E-state index contributed by atoms with van der Waals surface area (Å²) in [5.74, 6) is 0.436. The van der Waals surface area contributed by atoms with Crippen molar-refractivity contribution in [1.82, 2.24) is 29.9 Å². The summed E-state index contributed by atoms with van der Waals surface area (Å²) in [7, 11) is 0. The number of amides is 1. The quantitative estimate of drug-likeness (QED) is 0.554. The van der Waals surface area contributed by atoms with E-state index in [1.54, 1.807) is 17.2 Å². The van der Waals surface area contributed by atoms with Gasteiger partial charge in [-0.25, -0.2) is 9.97 Å². The van der Waals surface area contributed by atoms with Crippen molar-refractivity contribution in [2.75, 3.05) is 6.54 Å². The van der Waals surface area contributed by atoms with E-state index < -0.39 is 17.8 Å². The number of ether oxygens (including phenoxy) is 1. The molecule has 0 radical (unpaired) electrons. The number of rotatable bonds is 4. The maximum absolute atomic E-state index is 13.7. The molecule has 6 rings (SSSR count).